The lowest BCUT2D eigenvalue weighted by atomic mass is 9.83. The van der Waals surface area contributed by atoms with Gasteiger partial charge in [0.2, 0.25) is 11.6 Å². The van der Waals surface area contributed by atoms with Crippen LogP contribution in [0.25, 0.3) is 22.7 Å². The maximum Gasteiger partial charge on any atom is 0.514 e. The third-order valence-electron chi connectivity index (χ3n) is 5.60. The van der Waals surface area contributed by atoms with Crippen molar-refractivity contribution in [1.29, 1.82) is 0 Å². The molecule has 0 bridgehead atoms. The summed E-state index contributed by atoms with van der Waals surface area (Å²) in [7, 11) is 0. The zero-order chi connectivity index (χ0) is 26.1. The predicted molar refractivity (Wildman–Crippen MR) is 130 cm³/mol. The minimum Gasteiger partial charge on any atom is -0.431 e. The highest BCUT2D eigenvalue weighted by molar-refractivity contribution is 6.58. The first-order valence-electron chi connectivity index (χ1n) is 11.7. The third-order valence-corrected chi connectivity index (χ3v) is 5.60. The van der Waals surface area contributed by atoms with E-state index in [4.69, 9.17) is 18.9 Å². The van der Waals surface area contributed by atoms with Crippen LogP contribution in [0.4, 0.5) is 9.59 Å². The minimum atomic E-state index is -1.03. The SMILES string of the molecule is CCc1ccc2c(c1)=C(OC(=O)OC(C)C)C(=O)C1=c3ccccc3=C(OC(=O)OC(C)C)C(=O)C=21. The lowest BCUT2D eigenvalue weighted by Gasteiger charge is -2.22. The highest BCUT2D eigenvalue weighted by Crippen LogP contribution is 2.26. The molecule has 2 aromatic rings. The summed E-state index contributed by atoms with van der Waals surface area (Å²) in [5.74, 6) is -1.75. The van der Waals surface area contributed by atoms with Crippen LogP contribution in [-0.4, -0.2) is 36.1 Å². The van der Waals surface area contributed by atoms with Crippen molar-refractivity contribution in [2.24, 2.45) is 0 Å². The van der Waals surface area contributed by atoms with Crippen molar-refractivity contribution in [3.05, 3.63) is 68.9 Å². The summed E-state index contributed by atoms with van der Waals surface area (Å²) in [5, 5.41) is 1.30. The van der Waals surface area contributed by atoms with E-state index in [0.29, 0.717) is 16.9 Å². The van der Waals surface area contributed by atoms with Gasteiger partial charge in [-0.05, 0) is 56.2 Å². The topological polar surface area (TPSA) is 105 Å². The van der Waals surface area contributed by atoms with Crippen LogP contribution in [0.3, 0.4) is 0 Å². The van der Waals surface area contributed by atoms with Crippen molar-refractivity contribution in [3.63, 3.8) is 0 Å². The molecular formula is C28H26O8. The largest absolute Gasteiger partial charge is 0.514 e. The van der Waals surface area contributed by atoms with E-state index >= 15 is 0 Å². The van der Waals surface area contributed by atoms with E-state index in [1.54, 1.807) is 64.1 Å². The number of hydrogen-bond donors (Lipinski definition) is 0. The summed E-state index contributed by atoms with van der Waals surface area (Å²) >= 11 is 0. The normalized spacial score (nSPS) is 14.4. The number of carbonyl (C=O) groups is 4. The molecule has 8 nitrogen and oxygen atoms in total. The molecule has 4 rings (SSSR count). The fourth-order valence-corrected chi connectivity index (χ4v) is 4.13. The van der Waals surface area contributed by atoms with E-state index in [1.807, 2.05) is 13.0 Å². The summed E-state index contributed by atoms with van der Waals surface area (Å²) in [6.07, 6.45) is -2.30. The first kappa shape index (κ1) is 24.9. The Morgan fingerprint density at radius 1 is 0.694 bits per heavy atom. The Morgan fingerprint density at radius 2 is 1.17 bits per heavy atom. The number of benzene rings is 2. The van der Waals surface area contributed by atoms with Gasteiger partial charge in [-0.1, -0.05) is 43.3 Å². The quantitative estimate of drug-likeness (QED) is 0.584. The molecule has 2 aliphatic rings. The van der Waals surface area contributed by atoms with Crippen molar-refractivity contribution < 1.29 is 38.1 Å². The first-order chi connectivity index (χ1) is 17.1. The van der Waals surface area contributed by atoms with E-state index in [0.717, 1.165) is 5.56 Å². The van der Waals surface area contributed by atoms with Gasteiger partial charge in [-0.3, -0.25) is 9.59 Å². The highest BCUT2D eigenvalue weighted by atomic mass is 16.7. The molecule has 0 atom stereocenters. The van der Waals surface area contributed by atoms with E-state index in [1.165, 1.54) is 0 Å². The van der Waals surface area contributed by atoms with E-state index in [-0.39, 0.29) is 33.1 Å². The van der Waals surface area contributed by atoms with Crippen molar-refractivity contribution in [3.8, 4) is 0 Å². The van der Waals surface area contributed by atoms with Gasteiger partial charge in [0.1, 0.15) is 0 Å². The van der Waals surface area contributed by atoms with Gasteiger partial charge in [-0.2, -0.15) is 0 Å². The summed E-state index contributed by atoms with van der Waals surface area (Å²) in [4.78, 5) is 52.3. The molecule has 0 heterocycles. The third kappa shape index (κ3) is 4.54. The molecule has 0 N–H and O–H groups in total. The molecule has 186 valence electrons. The average molecular weight is 491 g/mol. The summed E-state index contributed by atoms with van der Waals surface area (Å²) < 4.78 is 21.0. The molecule has 0 aromatic heterocycles. The van der Waals surface area contributed by atoms with Crippen LogP contribution in [0.5, 0.6) is 0 Å². The number of rotatable bonds is 5. The Balaban J connectivity index is 2.05. The number of carbonyl (C=O) groups excluding carboxylic acids is 4. The average Bonchev–Trinajstić information content (AvgIpc) is 2.82. The van der Waals surface area contributed by atoms with Gasteiger partial charge in [0.05, 0.1) is 12.2 Å². The van der Waals surface area contributed by atoms with Crippen LogP contribution in [0.1, 0.15) is 40.2 Å². The van der Waals surface area contributed by atoms with E-state index in [9.17, 15) is 19.2 Å². The molecule has 0 saturated carbocycles. The molecule has 0 spiro atoms. The number of ether oxygens (including phenoxy) is 4. The standard InChI is InChI=1S/C28H26O8/c1-6-16-11-12-18-20(13-16)26(36-28(32)34-15(4)5)24(30)21-17-9-7-8-10-19(17)25(23(29)22(18)21)35-27(31)33-14(2)3/h7-15H,6H2,1-5H3. The highest BCUT2D eigenvalue weighted by Gasteiger charge is 2.37. The zero-order valence-corrected chi connectivity index (χ0v) is 20.7. The van der Waals surface area contributed by atoms with Gasteiger partial charge in [-0.25, -0.2) is 9.59 Å². The van der Waals surface area contributed by atoms with Crippen LogP contribution in [-0.2, 0) is 35.0 Å². The first-order valence-corrected chi connectivity index (χ1v) is 11.7. The van der Waals surface area contributed by atoms with Gasteiger partial charge in [-0.15, -0.1) is 0 Å². The molecule has 2 aromatic carbocycles. The fraction of sp³-hybridized carbons (Fsp3) is 0.286. The van der Waals surface area contributed by atoms with Crippen molar-refractivity contribution in [2.45, 2.75) is 53.2 Å². The number of fused-ring (bicyclic) bond motifs is 3. The maximum absolute atomic E-state index is 13.8. The lowest BCUT2D eigenvalue weighted by molar-refractivity contribution is -0.112. The Morgan fingerprint density at radius 3 is 1.67 bits per heavy atom. The van der Waals surface area contributed by atoms with Crippen LogP contribution < -0.4 is 20.9 Å². The molecule has 0 amide bonds. The number of ketones is 2. The van der Waals surface area contributed by atoms with Crippen molar-refractivity contribution >= 4 is 46.5 Å². The van der Waals surface area contributed by atoms with Crippen LogP contribution in [0, 0.1) is 0 Å². The number of Topliss-reactive ketones (excluding diaryl/α,β-unsaturated/α-hetero) is 2. The molecule has 0 radical (unpaired) electrons. The summed E-state index contributed by atoms with van der Waals surface area (Å²) in [5.41, 5.74) is 0.992. The number of aryl methyl sites for hydroxylation is 1. The van der Waals surface area contributed by atoms with Crippen LogP contribution in [0.2, 0.25) is 0 Å². The van der Waals surface area contributed by atoms with Crippen LogP contribution in [0.15, 0.2) is 42.5 Å². The second-order valence-electron chi connectivity index (χ2n) is 8.88. The molecule has 2 aliphatic carbocycles. The summed E-state index contributed by atoms with van der Waals surface area (Å²) in [6.45, 7) is 8.58. The fourth-order valence-electron chi connectivity index (χ4n) is 4.13. The van der Waals surface area contributed by atoms with Gasteiger partial charge in [0.25, 0.3) is 0 Å². The molecular weight excluding hydrogens is 464 g/mol. The number of hydrogen-bond acceptors (Lipinski definition) is 8. The van der Waals surface area contributed by atoms with Crippen molar-refractivity contribution in [2.75, 3.05) is 0 Å². The zero-order valence-electron chi connectivity index (χ0n) is 20.7. The molecule has 0 unspecified atom stereocenters. The minimum absolute atomic E-state index is 0.0595. The van der Waals surface area contributed by atoms with Crippen LogP contribution >= 0.6 is 0 Å². The molecule has 36 heavy (non-hydrogen) atoms. The Kier molecular flexibility index (Phi) is 6.79. The van der Waals surface area contributed by atoms with Gasteiger partial charge in [0.15, 0.2) is 11.5 Å². The monoisotopic (exact) mass is 490 g/mol. The molecule has 0 aliphatic heterocycles. The molecule has 0 saturated heterocycles. The van der Waals surface area contributed by atoms with Gasteiger partial charge >= 0.3 is 12.3 Å². The van der Waals surface area contributed by atoms with E-state index in [2.05, 4.69) is 0 Å². The summed E-state index contributed by atoms with van der Waals surface area (Å²) in [6, 6.07) is 11.8. The second kappa shape index (κ2) is 9.81. The van der Waals surface area contributed by atoms with Gasteiger partial charge in [0, 0.05) is 21.6 Å². The Bertz CT molecular complexity index is 1540. The van der Waals surface area contributed by atoms with E-state index < -0.39 is 36.1 Å². The Labute approximate surface area is 207 Å². The van der Waals surface area contributed by atoms with Gasteiger partial charge < -0.3 is 18.9 Å². The molecule has 0 fully saturated rings. The maximum atomic E-state index is 13.8. The second-order valence-corrected chi connectivity index (χ2v) is 8.88. The molecule has 8 heteroatoms. The predicted octanol–water partition coefficient (Wildman–Crippen LogP) is 1.76. The smallest absolute Gasteiger partial charge is 0.431 e. The Hall–Kier alpha value is -4.20. The van der Waals surface area contributed by atoms with Crippen molar-refractivity contribution in [1.82, 2.24) is 0 Å². The lowest BCUT2D eigenvalue weighted by Crippen LogP contribution is -2.48.